The average Bonchev–Trinajstić information content (AvgIpc) is 2.27. The zero-order valence-corrected chi connectivity index (χ0v) is 10.1. The van der Waals surface area contributed by atoms with Gasteiger partial charge >= 0.3 is 5.97 Å². The van der Waals surface area contributed by atoms with Crippen molar-refractivity contribution in [2.45, 2.75) is 11.8 Å². The summed E-state index contributed by atoms with van der Waals surface area (Å²) < 4.78 is 25.9. The Morgan fingerprint density at radius 2 is 2.12 bits per heavy atom. The third-order valence-corrected chi connectivity index (χ3v) is 3.35. The van der Waals surface area contributed by atoms with Gasteiger partial charge in [0.05, 0.1) is 10.5 Å². The lowest BCUT2D eigenvalue weighted by Crippen LogP contribution is -2.25. The largest absolute Gasteiger partial charge is 0.478 e. The third-order valence-electron chi connectivity index (χ3n) is 1.96. The fourth-order valence-corrected chi connectivity index (χ4v) is 2.24. The average molecular weight is 255 g/mol. The Kier molecular flexibility index (Phi) is 4.03. The molecule has 0 bridgehead atoms. The highest BCUT2D eigenvalue weighted by molar-refractivity contribution is 7.89. The van der Waals surface area contributed by atoms with Gasteiger partial charge in [-0.3, -0.25) is 0 Å². The normalized spacial score (nSPS) is 11.1. The highest BCUT2D eigenvalue weighted by Crippen LogP contribution is 2.11. The van der Waals surface area contributed by atoms with Crippen LogP contribution in [-0.4, -0.2) is 26.0 Å². The summed E-state index contributed by atoms with van der Waals surface area (Å²) in [4.78, 5) is 10.6. The fourth-order valence-electron chi connectivity index (χ4n) is 1.10. The minimum atomic E-state index is -3.69. The molecule has 0 aliphatic carbocycles. The molecule has 0 fully saturated rings. The van der Waals surface area contributed by atoms with Crippen molar-refractivity contribution < 1.29 is 18.3 Å². The molecule has 0 saturated heterocycles. The molecular formula is C11H13NO4S. The molecule has 1 rings (SSSR count). The minimum absolute atomic E-state index is 0.0665. The third kappa shape index (κ3) is 3.69. The molecule has 0 saturated carbocycles. The van der Waals surface area contributed by atoms with E-state index in [1.807, 2.05) is 0 Å². The van der Waals surface area contributed by atoms with Gasteiger partial charge in [-0.1, -0.05) is 18.2 Å². The molecule has 0 aliphatic rings. The van der Waals surface area contributed by atoms with Crippen LogP contribution in [0.25, 0.3) is 0 Å². The van der Waals surface area contributed by atoms with E-state index in [2.05, 4.69) is 11.3 Å². The Labute approximate surface area is 99.8 Å². The van der Waals surface area contributed by atoms with Crippen LogP contribution >= 0.6 is 0 Å². The zero-order chi connectivity index (χ0) is 13.1. The first-order valence-electron chi connectivity index (χ1n) is 4.80. The molecule has 0 aliphatic heterocycles. The second-order valence-corrected chi connectivity index (χ2v) is 5.38. The Bertz CT molecular complexity index is 548. The van der Waals surface area contributed by atoms with E-state index in [1.54, 1.807) is 6.92 Å². The second kappa shape index (κ2) is 5.11. The van der Waals surface area contributed by atoms with Gasteiger partial charge in [-0.05, 0) is 25.1 Å². The van der Waals surface area contributed by atoms with E-state index in [4.69, 9.17) is 5.11 Å². The van der Waals surface area contributed by atoms with E-state index in [9.17, 15) is 13.2 Å². The van der Waals surface area contributed by atoms with Crippen LogP contribution in [0.15, 0.2) is 41.3 Å². The van der Waals surface area contributed by atoms with Gasteiger partial charge in [0.25, 0.3) is 0 Å². The lowest BCUT2D eigenvalue weighted by atomic mass is 10.2. The summed E-state index contributed by atoms with van der Waals surface area (Å²) in [6, 6.07) is 5.18. The number of carboxylic acids is 1. The van der Waals surface area contributed by atoms with Crippen LogP contribution in [0.1, 0.15) is 17.3 Å². The van der Waals surface area contributed by atoms with Crippen LogP contribution in [0.5, 0.6) is 0 Å². The molecule has 5 nitrogen and oxygen atoms in total. The summed E-state index contributed by atoms with van der Waals surface area (Å²) in [5.41, 5.74) is 0.603. The molecule has 0 spiro atoms. The van der Waals surface area contributed by atoms with Crippen molar-refractivity contribution in [3.63, 3.8) is 0 Å². The summed E-state index contributed by atoms with van der Waals surface area (Å²) >= 11 is 0. The van der Waals surface area contributed by atoms with Crippen molar-refractivity contribution in [1.82, 2.24) is 4.72 Å². The van der Waals surface area contributed by atoms with Crippen molar-refractivity contribution in [3.8, 4) is 0 Å². The van der Waals surface area contributed by atoms with E-state index >= 15 is 0 Å². The van der Waals surface area contributed by atoms with E-state index in [-0.39, 0.29) is 17.0 Å². The van der Waals surface area contributed by atoms with E-state index in [0.717, 1.165) is 6.07 Å². The monoisotopic (exact) mass is 255 g/mol. The molecule has 2 N–H and O–H groups in total. The number of aromatic carboxylic acids is 1. The highest BCUT2D eigenvalue weighted by Gasteiger charge is 2.15. The zero-order valence-electron chi connectivity index (χ0n) is 9.30. The molecule has 0 atom stereocenters. The molecule has 0 amide bonds. The van der Waals surface area contributed by atoms with Crippen molar-refractivity contribution in [2.24, 2.45) is 0 Å². The molecule has 1 aromatic carbocycles. The van der Waals surface area contributed by atoms with Gasteiger partial charge in [-0.15, -0.1) is 0 Å². The molecule has 6 heteroatoms. The Balaban J connectivity index is 3.03. The van der Waals surface area contributed by atoms with E-state index in [1.165, 1.54) is 18.2 Å². The first-order chi connectivity index (χ1) is 7.83. The van der Waals surface area contributed by atoms with Gasteiger partial charge in [0.2, 0.25) is 10.0 Å². The summed E-state index contributed by atoms with van der Waals surface area (Å²) in [5.74, 6) is -1.16. The van der Waals surface area contributed by atoms with Crippen LogP contribution in [0.3, 0.4) is 0 Å². The van der Waals surface area contributed by atoms with Crippen LogP contribution in [0.4, 0.5) is 0 Å². The molecule has 17 heavy (non-hydrogen) atoms. The Morgan fingerprint density at radius 1 is 1.47 bits per heavy atom. The minimum Gasteiger partial charge on any atom is -0.478 e. The second-order valence-electron chi connectivity index (χ2n) is 3.61. The van der Waals surface area contributed by atoms with Gasteiger partial charge in [-0.25, -0.2) is 17.9 Å². The van der Waals surface area contributed by atoms with Crippen LogP contribution in [0.2, 0.25) is 0 Å². The number of hydrogen-bond acceptors (Lipinski definition) is 3. The number of rotatable bonds is 5. The Morgan fingerprint density at radius 3 is 2.65 bits per heavy atom. The summed E-state index contributed by atoms with van der Waals surface area (Å²) in [5, 5.41) is 8.76. The lowest BCUT2D eigenvalue weighted by molar-refractivity contribution is 0.0696. The number of nitrogens with one attached hydrogen (secondary N) is 1. The van der Waals surface area contributed by atoms with E-state index < -0.39 is 16.0 Å². The maximum Gasteiger partial charge on any atom is 0.335 e. The maximum absolute atomic E-state index is 11.8. The van der Waals surface area contributed by atoms with E-state index in [0.29, 0.717) is 5.57 Å². The van der Waals surface area contributed by atoms with Gasteiger partial charge in [0.1, 0.15) is 0 Å². The fraction of sp³-hybridized carbons (Fsp3) is 0.182. The molecule has 92 valence electrons. The maximum atomic E-state index is 11.8. The van der Waals surface area contributed by atoms with Crippen molar-refractivity contribution >= 4 is 16.0 Å². The number of hydrogen-bond donors (Lipinski definition) is 2. The molecule has 0 unspecified atom stereocenters. The Hall–Kier alpha value is -1.66. The first-order valence-corrected chi connectivity index (χ1v) is 6.28. The van der Waals surface area contributed by atoms with Crippen molar-refractivity contribution in [3.05, 3.63) is 42.0 Å². The quantitative estimate of drug-likeness (QED) is 0.775. The van der Waals surface area contributed by atoms with Gasteiger partial charge in [-0.2, -0.15) is 0 Å². The van der Waals surface area contributed by atoms with Crippen LogP contribution < -0.4 is 4.72 Å². The number of carboxylic acid groups (broad SMARTS) is 1. The highest BCUT2D eigenvalue weighted by atomic mass is 32.2. The molecule has 0 aromatic heterocycles. The summed E-state index contributed by atoms with van der Waals surface area (Å²) in [6.07, 6.45) is 0. The molecule has 0 radical (unpaired) electrons. The molecular weight excluding hydrogens is 242 g/mol. The number of benzene rings is 1. The van der Waals surface area contributed by atoms with Crippen LogP contribution in [0, 0.1) is 0 Å². The van der Waals surface area contributed by atoms with Gasteiger partial charge < -0.3 is 5.11 Å². The molecule has 1 aromatic rings. The summed E-state index contributed by atoms with van der Waals surface area (Å²) in [6.45, 7) is 5.39. The van der Waals surface area contributed by atoms with Crippen LogP contribution in [-0.2, 0) is 10.0 Å². The predicted octanol–water partition coefficient (Wildman–Crippen LogP) is 1.24. The van der Waals surface area contributed by atoms with Crippen molar-refractivity contribution in [1.29, 1.82) is 0 Å². The number of sulfonamides is 1. The smallest absolute Gasteiger partial charge is 0.335 e. The first kappa shape index (κ1) is 13.4. The van der Waals surface area contributed by atoms with Crippen molar-refractivity contribution in [2.75, 3.05) is 6.54 Å². The summed E-state index contributed by atoms with van der Waals surface area (Å²) in [7, 11) is -3.69. The van der Waals surface area contributed by atoms with Gasteiger partial charge in [0, 0.05) is 6.54 Å². The topological polar surface area (TPSA) is 83.5 Å². The SMILES string of the molecule is C=C(C)CNS(=O)(=O)c1cccc(C(=O)O)c1. The number of carbonyl (C=O) groups is 1. The predicted molar refractivity (Wildman–Crippen MR) is 63.4 cm³/mol. The van der Waals surface area contributed by atoms with Gasteiger partial charge in [0.15, 0.2) is 0 Å². The molecule has 0 heterocycles. The standard InChI is InChI=1S/C11H13NO4S/c1-8(2)7-12-17(15,16)10-5-3-4-9(6-10)11(13)14/h3-6,12H,1,7H2,2H3,(H,13,14). The lowest BCUT2D eigenvalue weighted by Gasteiger charge is -2.06.